The molecule has 1 amide bonds. The van der Waals surface area contributed by atoms with Crippen LogP contribution >= 0.6 is 0 Å². The van der Waals surface area contributed by atoms with Crippen LogP contribution in [0.3, 0.4) is 0 Å². The SMILES string of the molecule is CC1(C)CN(C(=O)c2ccncc2F)C[C@H](COc2ccccc2)O1. The monoisotopic (exact) mass is 344 g/mol. The molecule has 0 aliphatic carbocycles. The van der Waals surface area contributed by atoms with Crippen molar-refractivity contribution in [3.63, 3.8) is 0 Å². The number of rotatable bonds is 4. The number of aromatic nitrogens is 1. The summed E-state index contributed by atoms with van der Waals surface area (Å²) in [5, 5.41) is 0. The highest BCUT2D eigenvalue weighted by molar-refractivity contribution is 5.94. The average Bonchev–Trinajstić information content (AvgIpc) is 2.59. The lowest BCUT2D eigenvalue weighted by Gasteiger charge is -2.42. The minimum atomic E-state index is -0.617. The minimum absolute atomic E-state index is 0.0235. The maximum Gasteiger partial charge on any atom is 0.257 e. The number of para-hydroxylation sites is 1. The molecule has 3 rings (SSSR count). The summed E-state index contributed by atoms with van der Waals surface area (Å²) in [5.41, 5.74) is -0.516. The van der Waals surface area contributed by atoms with E-state index in [9.17, 15) is 9.18 Å². The van der Waals surface area contributed by atoms with Crippen LogP contribution in [0.4, 0.5) is 4.39 Å². The van der Waals surface area contributed by atoms with Crippen molar-refractivity contribution in [3.05, 3.63) is 60.2 Å². The predicted octanol–water partition coefficient (Wildman–Crippen LogP) is 2.92. The van der Waals surface area contributed by atoms with Gasteiger partial charge in [-0.05, 0) is 32.0 Å². The van der Waals surface area contributed by atoms with E-state index in [0.29, 0.717) is 19.7 Å². The molecule has 6 heteroatoms. The first-order chi connectivity index (χ1) is 11.9. The van der Waals surface area contributed by atoms with Crippen molar-refractivity contribution in [2.45, 2.75) is 25.6 Å². The van der Waals surface area contributed by atoms with E-state index >= 15 is 0 Å². The van der Waals surface area contributed by atoms with Gasteiger partial charge in [0.2, 0.25) is 0 Å². The van der Waals surface area contributed by atoms with Crippen LogP contribution in [0.5, 0.6) is 5.75 Å². The van der Waals surface area contributed by atoms with Crippen molar-refractivity contribution >= 4 is 5.91 Å². The Morgan fingerprint density at radius 3 is 2.84 bits per heavy atom. The first-order valence-electron chi connectivity index (χ1n) is 8.19. The van der Waals surface area contributed by atoms with Gasteiger partial charge in [-0.2, -0.15) is 0 Å². The fourth-order valence-corrected chi connectivity index (χ4v) is 2.96. The van der Waals surface area contributed by atoms with E-state index in [-0.39, 0.29) is 17.6 Å². The first kappa shape index (κ1) is 17.4. The number of nitrogens with zero attached hydrogens (tertiary/aromatic N) is 2. The standard InChI is InChI=1S/C19H21FN2O3/c1-19(2)13-22(18(23)16-8-9-21-10-17(16)20)11-15(25-19)12-24-14-6-4-3-5-7-14/h3-10,15H,11-13H2,1-2H3/t15-/m1/s1. The normalized spacial score (nSPS) is 19.5. The summed E-state index contributed by atoms with van der Waals surface area (Å²) in [6, 6.07) is 10.8. The van der Waals surface area contributed by atoms with E-state index in [4.69, 9.17) is 9.47 Å². The van der Waals surface area contributed by atoms with Crippen LogP contribution in [0.25, 0.3) is 0 Å². The average molecular weight is 344 g/mol. The molecule has 1 atom stereocenters. The summed E-state index contributed by atoms with van der Waals surface area (Å²) in [4.78, 5) is 18.0. The van der Waals surface area contributed by atoms with E-state index in [2.05, 4.69) is 4.98 Å². The number of pyridine rings is 1. The molecule has 1 fully saturated rings. The van der Waals surface area contributed by atoms with Crippen LogP contribution in [-0.4, -0.2) is 47.2 Å². The molecule has 2 aromatic rings. The molecule has 0 N–H and O–H groups in total. The number of hydrogen-bond donors (Lipinski definition) is 0. The summed E-state index contributed by atoms with van der Waals surface area (Å²) in [5.74, 6) is -0.234. The Labute approximate surface area is 146 Å². The maximum absolute atomic E-state index is 13.9. The van der Waals surface area contributed by atoms with Crippen LogP contribution in [0.1, 0.15) is 24.2 Å². The Bertz CT molecular complexity index is 736. The topological polar surface area (TPSA) is 51.7 Å². The molecule has 0 saturated carbocycles. The molecule has 1 aromatic heterocycles. The zero-order valence-corrected chi connectivity index (χ0v) is 14.3. The highest BCUT2D eigenvalue weighted by atomic mass is 19.1. The van der Waals surface area contributed by atoms with Gasteiger partial charge in [-0.3, -0.25) is 9.78 Å². The minimum Gasteiger partial charge on any atom is -0.491 e. The molecule has 1 aliphatic rings. The lowest BCUT2D eigenvalue weighted by Crippen LogP contribution is -2.56. The van der Waals surface area contributed by atoms with E-state index in [1.54, 1.807) is 4.90 Å². The van der Waals surface area contributed by atoms with Crippen molar-refractivity contribution in [1.29, 1.82) is 0 Å². The summed E-state index contributed by atoms with van der Waals surface area (Å²) in [7, 11) is 0. The van der Waals surface area contributed by atoms with Gasteiger partial charge in [-0.15, -0.1) is 0 Å². The largest absolute Gasteiger partial charge is 0.491 e. The number of carbonyl (C=O) groups is 1. The molecule has 1 aliphatic heterocycles. The smallest absolute Gasteiger partial charge is 0.257 e. The molecule has 0 radical (unpaired) electrons. The second kappa shape index (κ2) is 7.19. The van der Waals surface area contributed by atoms with E-state index in [0.717, 1.165) is 11.9 Å². The van der Waals surface area contributed by atoms with E-state index < -0.39 is 11.4 Å². The Morgan fingerprint density at radius 1 is 1.36 bits per heavy atom. The highest BCUT2D eigenvalue weighted by Crippen LogP contribution is 2.24. The fourth-order valence-electron chi connectivity index (χ4n) is 2.96. The molecule has 0 unspecified atom stereocenters. The van der Waals surface area contributed by atoms with Crippen LogP contribution in [-0.2, 0) is 4.74 Å². The zero-order chi connectivity index (χ0) is 17.9. The van der Waals surface area contributed by atoms with Crippen LogP contribution in [0.2, 0.25) is 0 Å². The lowest BCUT2D eigenvalue weighted by molar-refractivity contribution is -0.136. The molecule has 25 heavy (non-hydrogen) atoms. The first-order valence-corrected chi connectivity index (χ1v) is 8.19. The van der Waals surface area contributed by atoms with Gasteiger partial charge >= 0.3 is 0 Å². The predicted molar refractivity (Wildman–Crippen MR) is 91.0 cm³/mol. The number of morpholine rings is 1. The second-order valence-corrected chi connectivity index (χ2v) is 6.66. The Hall–Kier alpha value is -2.47. The third kappa shape index (κ3) is 4.33. The third-order valence-corrected chi connectivity index (χ3v) is 3.95. The molecule has 132 valence electrons. The molecule has 1 saturated heterocycles. The number of hydrogen-bond acceptors (Lipinski definition) is 4. The fraction of sp³-hybridized carbons (Fsp3) is 0.368. The van der Waals surface area contributed by atoms with Gasteiger partial charge in [0.1, 0.15) is 18.5 Å². The molecular formula is C19H21FN2O3. The van der Waals surface area contributed by atoms with Gasteiger partial charge in [-0.1, -0.05) is 18.2 Å². The third-order valence-electron chi connectivity index (χ3n) is 3.95. The molecule has 5 nitrogen and oxygen atoms in total. The van der Waals surface area contributed by atoms with Crippen LogP contribution in [0.15, 0.2) is 48.8 Å². The summed E-state index contributed by atoms with van der Waals surface area (Å²) in [6.07, 6.45) is 2.17. The number of amides is 1. The van der Waals surface area contributed by atoms with Crippen molar-refractivity contribution < 1.29 is 18.7 Å². The number of halogens is 1. The van der Waals surface area contributed by atoms with Gasteiger partial charge in [0.25, 0.3) is 5.91 Å². The zero-order valence-electron chi connectivity index (χ0n) is 14.3. The Morgan fingerprint density at radius 2 is 2.12 bits per heavy atom. The van der Waals surface area contributed by atoms with Crippen molar-refractivity contribution in [1.82, 2.24) is 9.88 Å². The van der Waals surface area contributed by atoms with Gasteiger partial charge < -0.3 is 14.4 Å². The summed E-state index contributed by atoms with van der Waals surface area (Å²) >= 11 is 0. The van der Waals surface area contributed by atoms with Crippen molar-refractivity contribution in [2.75, 3.05) is 19.7 Å². The molecular weight excluding hydrogens is 323 g/mol. The summed E-state index contributed by atoms with van der Waals surface area (Å²) in [6.45, 7) is 4.86. The number of ether oxygens (including phenoxy) is 2. The lowest BCUT2D eigenvalue weighted by atomic mass is 10.0. The highest BCUT2D eigenvalue weighted by Gasteiger charge is 2.36. The van der Waals surface area contributed by atoms with Crippen LogP contribution in [0, 0.1) is 5.82 Å². The van der Waals surface area contributed by atoms with E-state index in [1.807, 2.05) is 44.2 Å². The number of benzene rings is 1. The van der Waals surface area contributed by atoms with E-state index in [1.165, 1.54) is 12.3 Å². The number of carbonyl (C=O) groups excluding carboxylic acids is 1. The molecule has 0 bridgehead atoms. The van der Waals surface area contributed by atoms with Gasteiger partial charge in [0.15, 0.2) is 5.82 Å². The molecule has 0 spiro atoms. The second-order valence-electron chi connectivity index (χ2n) is 6.66. The maximum atomic E-state index is 13.9. The molecule has 2 heterocycles. The molecule has 1 aromatic carbocycles. The van der Waals surface area contributed by atoms with Crippen molar-refractivity contribution in [3.8, 4) is 5.75 Å². The van der Waals surface area contributed by atoms with Gasteiger partial charge in [-0.25, -0.2) is 4.39 Å². The van der Waals surface area contributed by atoms with Crippen molar-refractivity contribution in [2.24, 2.45) is 0 Å². The Balaban J connectivity index is 1.70. The van der Waals surface area contributed by atoms with Crippen LogP contribution < -0.4 is 4.74 Å². The summed E-state index contributed by atoms with van der Waals surface area (Å²) < 4.78 is 25.7. The van der Waals surface area contributed by atoms with Gasteiger partial charge in [0, 0.05) is 12.7 Å². The van der Waals surface area contributed by atoms with Gasteiger partial charge in [0.05, 0.1) is 23.9 Å². The quantitative estimate of drug-likeness (QED) is 0.856. The Kier molecular flexibility index (Phi) is 4.99.